The molecular weight excluding hydrogens is 667 g/mol. The number of benzene rings is 2. The first kappa shape index (κ1) is 37.8. The molecule has 0 radical (unpaired) electrons. The molecular formula is C39H49N5O6S. The van der Waals surface area contributed by atoms with Gasteiger partial charge in [0.2, 0.25) is 21.8 Å². The molecule has 0 spiro atoms. The van der Waals surface area contributed by atoms with Crippen molar-refractivity contribution in [3.63, 3.8) is 0 Å². The Bertz CT molecular complexity index is 1760. The summed E-state index contributed by atoms with van der Waals surface area (Å²) in [5, 5.41) is 11.8. The van der Waals surface area contributed by atoms with E-state index in [-0.39, 0.29) is 12.3 Å². The van der Waals surface area contributed by atoms with Crippen LogP contribution in [0.25, 0.3) is 17.0 Å². The van der Waals surface area contributed by atoms with Crippen molar-refractivity contribution in [3.05, 3.63) is 89.8 Å². The third-order valence-corrected chi connectivity index (χ3v) is 11.4. The second-order valence-corrected chi connectivity index (χ2v) is 15.6. The number of rotatable bonds is 16. The Morgan fingerprint density at radius 3 is 2.20 bits per heavy atom. The topological polar surface area (TPSA) is 159 Å². The maximum Gasteiger partial charge on any atom is 0.323 e. The summed E-state index contributed by atoms with van der Waals surface area (Å²) in [5.74, 6) is 0.328. The van der Waals surface area contributed by atoms with Gasteiger partial charge >= 0.3 is 5.97 Å². The van der Waals surface area contributed by atoms with Crippen LogP contribution in [0.1, 0.15) is 81.4 Å². The normalized spacial score (nSPS) is 19.2. The van der Waals surface area contributed by atoms with Crippen LogP contribution in [0.15, 0.2) is 73.1 Å². The summed E-state index contributed by atoms with van der Waals surface area (Å²) in [6.07, 6.45) is 17.8. The lowest BCUT2D eigenvalue weighted by atomic mass is 9.70. The molecule has 12 heteroatoms. The first-order chi connectivity index (χ1) is 24.6. The molecule has 0 saturated heterocycles. The summed E-state index contributed by atoms with van der Waals surface area (Å²) in [4.78, 5) is 47.1. The van der Waals surface area contributed by atoms with Gasteiger partial charge in [0.25, 0.3) is 0 Å². The average molecular weight is 716 g/mol. The highest BCUT2D eigenvalue weighted by atomic mass is 32.2. The third-order valence-electron chi connectivity index (χ3n) is 10.1. The zero-order valence-corrected chi connectivity index (χ0v) is 30.1. The van der Waals surface area contributed by atoms with Crippen molar-refractivity contribution < 1.29 is 27.9 Å². The van der Waals surface area contributed by atoms with Crippen LogP contribution in [-0.2, 0) is 36.7 Å². The molecule has 11 nitrogen and oxygen atoms in total. The number of hydrogen-bond donors (Lipinski definition) is 3. The van der Waals surface area contributed by atoms with Crippen LogP contribution in [0.4, 0.5) is 0 Å². The zero-order valence-electron chi connectivity index (χ0n) is 29.3. The van der Waals surface area contributed by atoms with E-state index < -0.39 is 47.4 Å². The van der Waals surface area contributed by atoms with Crippen molar-refractivity contribution in [2.24, 2.45) is 17.8 Å². The van der Waals surface area contributed by atoms with Crippen molar-refractivity contribution in [1.82, 2.24) is 24.9 Å². The summed E-state index contributed by atoms with van der Waals surface area (Å²) in [7, 11) is -3.78. The maximum absolute atomic E-state index is 12.9. The van der Waals surface area contributed by atoms with Gasteiger partial charge in [-0.1, -0.05) is 93.3 Å². The van der Waals surface area contributed by atoms with Crippen LogP contribution in [0.3, 0.4) is 0 Å². The predicted molar refractivity (Wildman–Crippen MR) is 196 cm³/mol. The molecule has 0 bridgehead atoms. The van der Waals surface area contributed by atoms with Crippen LogP contribution in [0, 0.1) is 17.8 Å². The molecule has 0 aliphatic heterocycles. The number of nitrogens with zero attached hydrogens (tertiary/aromatic N) is 3. The Labute approximate surface area is 301 Å². The number of sulfonamides is 1. The lowest BCUT2D eigenvalue weighted by Gasteiger charge is -2.35. The van der Waals surface area contributed by atoms with Crippen molar-refractivity contribution in [2.75, 3.05) is 19.6 Å². The van der Waals surface area contributed by atoms with Crippen LogP contribution < -0.4 is 10.0 Å². The number of nitrogens with one attached hydrogen (secondary N) is 2. The minimum Gasteiger partial charge on any atom is -0.480 e. The van der Waals surface area contributed by atoms with Gasteiger partial charge in [0, 0.05) is 30.1 Å². The standard InChI is InChI=1S/C39H49N5O6S/c1-2-6-28-9-13-31(14-10-28)32-17-19-33(20-18-32)35-21-41-39(42-22-35)34-15-11-29(12-16-34)25-44(26-38(47)48)37(46)24-40-36(45)23-43-51(49,50)27-30-7-4-3-5-8-30/h3-5,7-8,11-12,15-16,19,21-22,28,31-32,43H,2,6,9-10,13-14,17-18,20,23-27H2,1H3,(H,40,45)(H,47,48)/t28-,31-,32?. The second kappa shape index (κ2) is 18.2. The van der Waals surface area contributed by atoms with Gasteiger partial charge in [0.1, 0.15) is 6.54 Å². The van der Waals surface area contributed by atoms with Crippen LogP contribution in [-0.4, -0.2) is 65.8 Å². The Kier molecular flexibility index (Phi) is 13.5. The van der Waals surface area contributed by atoms with Crippen LogP contribution in [0.5, 0.6) is 0 Å². The number of amides is 2. The number of carbonyl (C=O) groups is 3. The van der Waals surface area contributed by atoms with Gasteiger partial charge in [-0.2, -0.15) is 0 Å². The lowest BCUT2D eigenvalue weighted by molar-refractivity contribution is -0.144. The minimum atomic E-state index is -3.78. The molecule has 2 amide bonds. The van der Waals surface area contributed by atoms with Crippen molar-refractivity contribution in [1.29, 1.82) is 0 Å². The molecule has 3 N–H and O–H groups in total. The molecule has 3 aromatic rings. The molecule has 1 heterocycles. The fraction of sp³-hybridized carbons (Fsp3) is 0.462. The van der Waals surface area contributed by atoms with Crippen molar-refractivity contribution in [2.45, 2.75) is 77.0 Å². The van der Waals surface area contributed by atoms with Gasteiger partial charge in [0.15, 0.2) is 5.82 Å². The molecule has 2 aliphatic carbocycles. The highest BCUT2D eigenvalue weighted by Crippen LogP contribution is 2.42. The van der Waals surface area contributed by atoms with Gasteiger partial charge in [-0.15, -0.1) is 0 Å². The fourth-order valence-corrected chi connectivity index (χ4v) is 8.37. The minimum absolute atomic E-state index is 0.000110. The van der Waals surface area contributed by atoms with E-state index in [1.165, 1.54) is 50.5 Å². The largest absolute Gasteiger partial charge is 0.480 e. The Morgan fingerprint density at radius 2 is 1.57 bits per heavy atom. The van der Waals surface area contributed by atoms with Crippen LogP contribution >= 0.6 is 0 Å². The lowest BCUT2D eigenvalue weighted by Crippen LogP contribution is -2.44. The molecule has 1 aromatic heterocycles. The summed E-state index contributed by atoms with van der Waals surface area (Å²) in [6, 6.07) is 15.8. The number of carboxylic acid groups (broad SMARTS) is 1. The van der Waals surface area contributed by atoms with E-state index in [0.717, 1.165) is 46.6 Å². The number of aliphatic carboxylic acids is 1. The maximum atomic E-state index is 12.9. The molecule has 272 valence electrons. The smallest absolute Gasteiger partial charge is 0.323 e. The highest BCUT2D eigenvalue weighted by Gasteiger charge is 2.28. The van der Waals surface area contributed by atoms with E-state index in [1.807, 2.05) is 24.5 Å². The van der Waals surface area contributed by atoms with E-state index in [4.69, 9.17) is 0 Å². The number of carbonyl (C=O) groups excluding carboxylic acids is 2. The SMILES string of the molecule is CCC[C@H]1CC[C@H](C2CC=C(c3cnc(-c4ccc(CN(CC(=O)O)C(=O)CNC(=O)CNS(=O)(=O)Cc5ccccc5)cc4)nc3)CC2)CC1. The molecule has 2 aromatic carbocycles. The number of hydrogen-bond acceptors (Lipinski definition) is 7. The third kappa shape index (κ3) is 11.5. The van der Waals surface area contributed by atoms with E-state index in [0.29, 0.717) is 17.0 Å². The quantitative estimate of drug-likeness (QED) is 0.173. The first-order valence-electron chi connectivity index (χ1n) is 18.0. The predicted octanol–water partition coefficient (Wildman–Crippen LogP) is 5.58. The molecule has 5 rings (SSSR count). The number of carboxylic acids is 1. The van der Waals surface area contributed by atoms with E-state index in [1.54, 1.807) is 42.5 Å². The molecule has 2 aliphatic rings. The van der Waals surface area contributed by atoms with Crippen molar-refractivity contribution >= 4 is 33.4 Å². The Balaban J connectivity index is 1.10. The van der Waals surface area contributed by atoms with E-state index in [2.05, 4.69) is 33.0 Å². The van der Waals surface area contributed by atoms with Gasteiger partial charge < -0.3 is 15.3 Å². The van der Waals surface area contributed by atoms with Gasteiger partial charge in [0.05, 0.1) is 18.8 Å². The first-order valence-corrected chi connectivity index (χ1v) is 19.6. The molecule has 1 saturated carbocycles. The van der Waals surface area contributed by atoms with Crippen molar-refractivity contribution in [3.8, 4) is 11.4 Å². The van der Waals surface area contributed by atoms with Gasteiger partial charge in [-0.25, -0.2) is 23.1 Å². The summed E-state index contributed by atoms with van der Waals surface area (Å²) in [6.45, 7) is 0.688. The van der Waals surface area contributed by atoms with E-state index >= 15 is 0 Å². The number of aromatic nitrogens is 2. The zero-order chi connectivity index (χ0) is 36.2. The Morgan fingerprint density at radius 1 is 0.863 bits per heavy atom. The summed E-state index contributed by atoms with van der Waals surface area (Å²) in [5.41, 5.74) is 4.42. The fourth-order valence-electron chi connectivity index (χ4n) is 7.29. The van der Waals surface area contributed by atoms with Gasteiger partial charge in [-0.3, -0.25) is 14.4 Å². The molecule has 1 fully saturated rings. The summed E-state index contributed by atoms with van der Waals surface area (Å²) >= 11 is 0. The van der Waals surface area contributed by atoms with E-state index in [9.17, 15) is 27.9 Å². The second-order valence-electron chi connectivity index (χ2n) is 13.8. The summed E-state index contributed by atoms with van der Waals surface area (Å²) < 4.78 is 26.8. The molecule has 1 unspecified atom stereocenters. The Hall–Kier alpha value is -4.42. The average Bonchev–Trinajstić information content (AvgIpc) is 3.14. The highest BCUT2D eigenvalue weighted by molar-refractivity contribution is 7.88. The monoisotopic (exact) mass is 715 g/mol. The molecule has 1 atom stereocenters. The van der Waals surface area contributed by atoms with Gasteiger partial charge in [-0.05, 0) is 66.6 Å². The van der Waals surface area contributed by atoms with Crippen LogP contribution in [0.2, 0.25) is 0 Å². The number of allylic oxidation sites excluding steroid dienone is 2. The molecule has 51 heavy (non-hydrogen) atoms.